The lowest BCUT2D eigenvalue weighted by Gasteiger charge is -2.29. The molecule has 0 aliphatic carbocycles. The molecular weight excluding hydrogens is 325 g/mol. The molecule has 2 atom stereocenters. The Balaban J connectivity index is 1.96. The van der Waals surface area contributed by atoms with Gasteiger partial charge in [-0.2, -0.15) is 5.26 Å². The van der Waals surface area contributed by atoms with E-state index in [1.165, 1.54) is 6.07 Å². The van der Waals surface area contributed by atoms with Crippen LogP contribution in [-0.2, 0) is 0 Å². The number of aliphatic imine (C=N–C) groups is 1. The van der Waals surface area contributed by atoms with E-state index in [1.54, 1.807) is 12.3 Å². The van der Waals surface area contributed by atoms with Crippen LogP contribution in [0.2, 0.25) is 0 Å². The molecule has 0 saturated heterocycles. The first-order valence-electron chi connectivity index (χ1n) is 8.67. The van der Waals surface area contributed by atoms with Gasteiger partial charge in [-0.3, -0.25) is 9.98 Å². The van der Waals surface area contributed by atoms with Crippen LogP contribution in [0, 0.1) is 24.1 Å². The van der Waals surface area contributed by atoms with E-state index in [-0.39, 0.29) is 17.8 Å². The van der Waals surface area contributed by atoms with Gasteiger partial charge in [0, 0.05) is 28.6 Å². The van der Waals surface area contributed by atoms with Crippen LogP contribution < -0.4 is 0 Å². The Hall–Kier alpha value is -3.06. The van der Waals surface area contributed by atoms with Gasteiger partial charge in [0.05, 0.1) is 23.4 Å². The van der Waals surface area contributed by atoms with Crippen molar-refractivity contribution < 1.29 is 4.39 Å². The Morgan fingerprint density at radius 2 is 1.96 bits per heavy atom. The van der Waals surface area contributed by atoms with Crippen molar-refractivity contribution in [3.63, 3.8) is 0 Å². The van der Waals surface area contributed by atoms with Gasteiger partial charge in [0.1, 0.15) is 11.3 Å². The second kappa shape index (κ2) is 6.03. The minimum Gasteiger partial charge on any atom is -0.280 e. The molecule has 1 aromatic heterocycles. The maximum Gasteiger partial charge on any atom is 0.149 e. The predicted octanol–water partition coefficient (Wildman–Crippen LogP) is 4.90. The van der Waals surface area contributed by atoms with Gasteiger partial charge in [-0.1, -0.05) is 31.2 Å². The van der Waals surface area contributed by atoms with Gasteiger partial charge in [0.15, 0.2) is 0 Å². The van der Waals surface area contributed by atoms with E-state index in [1.807, 2.05) is 31.2 Å². The number of aryl methyl sites for hydroxylation is 1. The lowest BCUT2D eigenvalue weighted by molar-refractivity contribution is 0.604. The second-order valence-electron chi connectivity index (χ2n) is 6.87. The summed E-state index contributed by atoms with van der Waals surface area (Å²) in [5, 5.41) is 10.4. The van der Waals surface area contributed by atoms with Crippen LogP contribution in [0.4, 0.5) is 4.39 Å². The molecule has 0 saturated carbocycles. The summed E-state index contributed by atoms with van der Waals surface area (Å²) < 4.78 is 13.9. The normalized spacial score (nSPS) is 19.0. The van der Waals surface area contributed by atoms with Crippen molar-refractivity contribution in [3.05, 3.63) is 76.2 Å². The number of para-hydroxylation sites is 1. The summed E-state index contributed by atoms with van der Waals surface area (Å²) in [6.45, 7) is 6.13. The third kappa shape index (κ3) is 2.40. The summed E-state index contributed by atoms with van der Waals surface area (Å²) in [6, 6.07) is 13.3. The molecule has 0 bridgehead atoms. The number of hydrogen-bond donors (Lipinski definition) is 0. The van der Waals surface area contributed by atoms with Crippen molar-refractivity contribution in [2.24, 2.45) is 4.99 Å². The predicted molar refractivity (Wildman–Crippen MR) is 101 cm³/mol. The van der Waals surface area contributed by atoms with E-state index in [4.69, 9.17) is 4.99 Å². The van der Waals surface area contributed by atoms with Gasteiger partial charge < -0.3 is 0 Å². The van der Waals surface area contributed by atoms with Crippen molar-refractivity contribution >= 4 is 16.6 Å². The maximum absolute atomic E-state index is 13.9. The molecule has 0 amide bonds. The molecule has 4 rings (SSSR count). The molecule has 3 nitrogen and oxygen atoms in total. The third-order valence-electron chi connectivity index (χ3n) is 5.27. The smallest absolute Gasteiger partial charge is 0.149 e. The number of hydrogen-bond acceptors (Lipinski definition) is 3. The molecule has 1 aliphatic heterocycles. The molecule has 0 unspecified atom stereocenters. The number of pyridine rings is 1. The Morgan fingerprint density at radius 1 is 1.15 bits per heavy atom. The van der Waals surface area contributed by atoms with Gasteiger partial charge in [0.25, 0.3) is 0 Å². The Bertz CT molecular complexity index is 1110. The lowest BCUT2D eigenvalue weighted by atomic mass is 9.80. The van der Waals surface area contributed by atoms with Gasteiger partial charge in [-0.15, -0.1) is 0 Å². The van der Waals surface area contributed by atoms with Crippen LogP contribution in [0.5, 0.6) is 0 Å². The summed E-state index contributed by atoms with van der Waals surface area (Å²) in [7, 11) is 0. The largest absolute Gasteiger partial charge is 0.280 e. The molecule has 128 valence electrons. The quantitative estimate of drug-likeness (QED) is 0.631. The highest BCUT2D eigenvalue weighted by Crippen LogP contribution is 2.36. The van der Waals surface area contributed by atoms with Crippen molar-refractivity contribution in [1.29, 1.82) is 5.26 Å². The van der Waals surface area contributed by atoms with E-state index < -0.39 is 0 Å². The summed E-state index contributed by atoms with van der Waals surface area (Å²) >= 11 is 0. The summed E-state index contributed by atoms with van der Waals surface area (Å²) in [5.41, 5.74) is 5.74. The Kier molecular flexibility index (Phi) is 3.81. The summed E-state index contributed by atoms with van der Waals surface area (Å²) in [6.07, 6.45) is 1.67. The fraction of sp³-hybridized carbons (Fsp3) is 0.227. The minimum atomic E-state index is -0.329. The topological polar surface area (TPSA) is 49.0 Å². The van der Waals surface area contributed by atoms with E-state index in [0.717, 1.165) is 38.9 Å². The highest BCUT2D eigenvalue weighted by atomic mass is 19.1. The van der Waals surface area contributed by atoms with Crippen LogP contribution in [-0.4, -0.2) is 16.7 Å². The number of rotatable bonds is 1. The molecule has 2 heterocycles. The van der Waals surface area contributed by atoms with Crippen LogP contribution >= 0.6 is 0 Å². The van der Waals surface area contributed by atoms with Crippen molar-refractivity contribution in [3.8, 4) is 6.07 Å². The molecule has 3 aromatic rings. The van der Waals surface area contributed by atoms with Crippen molar-refractivity contribution in [1.82, 2.24) is 4.98 Å². The zero-order valence-corrected chi connectivity index (χ0v) is 14.9. The van der Waals surface area contributed by atoms with Crippen LogP contribution in [0.25, 0.3) is 10.9 Å². The first-order valence-corrected chi connectivity index (χ1v) is 8.67. The number of nitriles is 1. The number of nitrogens with zero attached hydrogens (tertiary/aromatic N) is 3. The number of fused-ring (bicyclic) bond motifs is 2. The zero-order valence-electron chi connectivity index (χ0n) is 14.9. The lowest BCUT2D eigenvalue weighted by Crippen LogP contribution is -2.24. The van der Waals surface area contributed by atoms with Crippen molar-refractivity contribution in [2.75, 3.05) is 0 Å². The fourth-order valence-electron chi connectivity index (χ4n) is 3.67. The van der Waals surface area contributed by atoms with Gasteiger partial charge in [-0.25, -0.2) is 4.39 Å². The van der Waals surface area contributed by atoms with E-state index in [2.05, 4.69) is 24.9 Å². The highest BCUT2D eigenvalue weighted by molar-refractivity contribution is 6.15. The van der Waals surface area contributed by atoms with Crippen LogP contribution in [0.3, 0.4) is 0 Å². The molecule has 0 N–H and O–H groups in total. The fourth-order valence-corrected chi connectivity index (χ4v) is 3.67. The van der Waals surface area contributed by atoms with Gasteiger partial charge >= 0.3 is 0 Å². The van der Waals surface area contributed by atoms with E-state index in [0.29, 0.717) is 5.52 Å². The Labute approximate surface area is 151 Å². The number of aromatic nitrogens is 1. The summed E-state index contributed by atoms with van der Waals surface area (Å²) in [5.74, 6) is -0.168. The highest BCUT2D eigenvalue weighted by Gasteiger charge is 2.29. The minimum absolute atomic E-state index is 0.0506. The molecule has 0 spiro atoms. The molecule has 0 fully saturated rings. The van der Waals surface area contributed by atoms with Crippen LogP contribution in [0.1, 0.15) is 47.6 Å². The first kappa shape index (κ1) is 16.4. The molecule has 1 aliphatic rings. The standard InChI is InChI=1S/C22H18FN3/c1-12-7-8-17-20(18(12)10-24)13(2)14(3)26-21(17)16-9-15-5-4-6-19(23)22(15)25-11-16/h4-9,11,13-14H,1-3H3/t13-,14-/m0/s1. The summed E-state index contributed by atoms with van der Waals surface area (Å²) in [4.78, 5) is 9.19. The first-order chi connectivity index (χ1) is 12.5. The second-order valence-corrected chi connectivity index (χ2v) is 6.87. The third-order valence-corrected chi connectivity index (χ3v) is 5.27. The van der Waals surface area contributed by atoms with Crippen LogP contribution in [0.15, 0.2) is 47.6 Å². The average Bonchev–Trinajstić information content (AvgIpc) is 2.64. The molecular formula is C22H18FN3. The van der Waals surface area contributed by atoms with Crippen molar-refractivity contribution in [2.45, 2.75) is 32.7 Å². The van der Waals surface area contributed by atoms with Gasteiger partial charge in [0.2, 0.25) is 0 Å². The SMILES string of the molecule is Cc1ccc2c(c1C#N)[C@@H](C)[C@H](C)N=C2c1cnc2c(F)cccc2c1. The Morgan fingerprint density at radius 3 is 2.73 bits per heavy atom. The average molecular weight is 343 g/mol. The zero-order chi connectivity index (χ0) is 18.4. The van der Waals surface area contributed by atoms with Gasteiger partial charge in [-0.05, 0) is 37.1 Å². The number of benzene rings is 2. The monoisotopic (exact) mass is 343 g/mol. The molecule has 0 radical (unpaired) electrons. The molecule has 26 heavy (non-hydrogen) atoms. The molecule has 2 aromatic carbocycles. The molecule has 4 heteroatoms. The van der Waals surface area contributed by atoms with E-state index in [9.17, 15) is 9.65 Å². The van der Waals surface area contributed by atoms with E-state index >= 15 is 0 Å². The number of halogens is 1. The maximum atomic E-state index is 13.9.